The molecule has 0 aliphatic rings. The molecule has 0 fully saturated rings. The van der Waals surface area contributed by atoms with Crippen LogP contribution in [0.3, 0.4) is 0 Å². The van der Waals surface area contributed by atoms with Crippen LogP contribution in [0, 0.1) is 0 Å². The molecule has 128 valence electrons. The Kier molecular flexibility index (Phi) is 4.93. The maximum absolute atomic E-state index is 12.4. The summed E-state index contributed by atoms with van der Waals surface area (Å²) in [6.45, 7) is 4.28. The van der Waals surface area contributed by atoms with Crippen LogP contribution in [0.1, 0.15) is 31.7 Å². The Morgan fingerprint density at radius 2 is 1.88 bits per heavy atom. The van der Waals surface area contributed by atoms with E-state index in [1.54, 1.807) is 6.07 Å². The molecule has 0 saturated carbocycles. The van der Waals surface area contributed by atoms with Crippen molar-refractivity contribution in [2.75, 3.05) is 5.32 Å². The predicted octanol–water partition coefficient (Wildman–Crippen LogP) is 3.55. The highest BCUT2D eigenvalue weighted by Crippen LogP contribution is 2.20. The van der Waals surface area contributed by atoms with Crippen molar-refractivity contribution in [2.45, 2.75) is 32.7 Å². The van der Waals surface area contributed by atoms with E-state index in [0.29, 0.717) is 17.0 Å². The number of para-hydroxylation sites is 2. The highest BCUT2D eigenvalue weighted by molar-refractivity contribution is 5.91. The fourth-order valence-corrected chi connectivity index (χ4v) is 2.75. The van der Waals surface area contributed by atoms with E-state index in [1.807, 2.05) is 42.5 Å². The van der Waals surface area contributed by atoms with Crippen molar-refractivity contribution in [3.05, 3.63) is 70.6 Å². The molecule has 1 aromatic heterocycles. The van der Waals surface area contributed by atoms with E-state index in [-0.39, 0.29) is 18.0 Å². The lowest BCUT2D eigenvalue weighted by atomic mass is 9.99. The third-order valence-corrected chi connectivity index (χ3v) is 4.43. The predicted molar refractivity (Wildman–Crippen MR) is 99.8 cm³/mol. The number of carbonyl (C=O) groups is 1. The molecule has 0 aliphatic carbocycles. The van der Waals surface area contributed by atoms with Gasteiger partial charge in [-0.25, -0.2) is 4.98 Å². The number of amides is 1. The molecule has 3 rings (SSSR count). The molecular formula is C20H21N3O2. The zero-order chi connectivity index (χ0) is 17.8. The van der Waals surface area contributed by atoms with Crippen molar-refractivity contribution in [3.63, 3.8) is 0 Å². The first-order valence-corrected chi connectivity index (χ1v) is 8.43. The fraction of sp³-hybridized carbons (Fsp3) is 0.250. The van der Waals surface area contributed by atoms with Gasteiger partial charge in [0.15, 0.2) is 0 Å². The lowest BCUT2D eigenvalue weighted by molar-refractivity contribution is -0.116. The Hall–Kier alpha value is -2.95. The molecule has 1 unspecified atom stereocenters. The average molecular weight is 335 g/mol. The summed E-state index contributed by atoms with van der Waals surface area (Å²) < 4.78 is 1.44. The van der Waals surface area contributed by atoms with Gasteiger partial charge >= 0.3 is 0 Å². The fourth-order valence-electron chi connectivity index (χ4n) is 2.75. The molecule has 5 nitrogen and oxygen atoms in total. The topological polar surface area (TPSA) is 64.0 Å². The van der Waals surface area contributed by atoms with E-state index >= 15 is 0 Å². The number of nitrogens with one attached hydrogen (secondary N) is 1. The number of aromatic nitrogens is 2. The minimum Gasteiger partial charge on any atom is -0.325 e. The number of carbonyl (C=O) groups excluding carboxylic acids is 1. The van der Waals surface area contributed by atoms with E-state index in [4.69, 9.17) is 0 Å². The van der Waals surface area contributed by atoms with Crippen molar-refractivity contribution in [1.29, 1.82) is 0 Å². The highest BCUT2D eigenvalue weighted by Gasteiger charge is 2.09. The van der Waals surface area contributed by atoms with Gasteiger partial charge in [-0.2, -0.15) is 0 Å². The Balaban J connectivity index is 1.77. The maximum Gasteiger partial charge on any atom is 0.269 e. The van der Waals surface area contributed by atoms with Crippen LogP contribution in [0.4, 0.5) is 5.69 Å². The maximum atomic E-state index is 12.4. The zero-order valence-electron chi connectivity index (χ0n) is 14.4. The summed E-state index contributed by atoms with van der Waals surface area (Å²) in [5.41, 5.74) is 3.02. The molecule has 25 heavy (non-hydrogen) atoms. The Morgan fingerprint density at radius 3 is 2.60 bits per heavy atom. The third-order valence-electron chi connectivity index (χ3n) is 4.43. The van der Waals surface area contributed by atoms with E-state index in [1.165, 1.54) is 16.3 Å². The summed E-state index contributed by atoms with van der Waals surface area (Å²) in [4.78, 5) is 28.6. The Morgan fingerprint density at radius 1 is 1.16 bits per heavy atom. The molecule has 0 aliphatic heterocycles. The van der Waals surface area contributed by atoms with Crippen LogP contribution in [0.25, 0.3) is 11.0 Å². The van der Waals surface area contributed by atoms with Gasteiger partial charge in [0.25, 0.3) is 5.56 Å². The Labute approximate surface area is 146 Å². The van der Waals surface area contributed by atoms with Gasteiger partial charge < -0.3 is 5.32 Å². The molecule has 1 atom stereocenters. The number of benzene rings is 2. The number of nitrogens with zero attached hydrogens (tertiary/aromatic N) is 2. The van der Waals surface area contributed by atoms with Crippen molar-refractivity contribution in [2.24, 2.45) is 0 Å². The molecule has 1 amide bonds. The standard InChI is InChI=1S/C20H21N3O2/c1-3-14(2)15-8-10-16(11-9-15)22-19(24)13-23-18-7-5-4-6-17(18)21-12-20(23)25/h4-12,14H,3,13H2,1-2H3,(H,22,24). The van der Waals surface area contributed by atoms with Gasteiger partial charge in [-0.3, -0.25) is 14.2 Å². The molecule has 1 N–H and O–H groups in total. The summed E-state index contributed by atoms with van der Waals surface area (Å²) in [6.07, 6.45) is 2.32. The SMILES string of the molecule is CCC(C)c1ccc(NC(=O)Cn2c(=O)cnc3ccccc32)cc1. The van der Waals surface area contributed by atoms with Crippen LogP contribution < -0.4 is 10.9 Å². The van der Waals surface area contributed by atoms with Crippen LogP contribution in [0.2, 0.25) is 0 Å². The first-order valence-electron chi connectivity index (χ1n) is 8.43. The Bertz CT molecular complexity index is 945. The van der Waals surface area contributed by atoms with Gasteiger partial charge in [0, 0.05) is 5.69 Å². The van der Waals surface area contributed by atoms with Gasteiger partial charge in [-0.15, -0.1) is 0 Å². The van der Waals surface area contributed by atoms with Crippen LogP contribution in [-0.2, 0) is 11.3 Å². The van der Waals surface area contributed by atoms with Gasteiger partial charge in [0.1, 0.15) is 6.54 Å². The zero-order valence-corrected chi connectivity index (χ0v) is 14.4. The molecule has 2 aromatic carbocycles. The van der Waals surface area contributed by atoms with E-state index < -0.39 is 0 Å². The normalized spacial score (nSPS) is 12.1. The van der Waals surface area contributed by atoms with Gasteiger partial charge in [-0.05, 0) is 42.2 Å². The average Bonchev–Trinajstić information content (AvgIpc) is 2.64. The van der Waals surface area contributed by atoms with Crippen LogP contribution in [0.5, 0.6) is 0 Å². The van der Waals surface area contributed by atoms with E-state index in [2.05, 4.69) is 24.1 Å². The van der Waals surface area contributed by atoms with Crippen molar-refractivity contribution >= 4 is 22.6 Å². The quantitative estimate of drug-likeness (QED) is 0.775. The minimum absolute atomic E-state index is 0.0466. The summed E-state index contributed by atoms with van der Waals surface area (Å²) in [5.74, 6) is 0.251. The number of anilines is 1. The van der Waals surface area contributed by atoms with Gasteiger partial charge in [-0.1, -0.05) is 38.1 Å². The molecule has 0 spiro atoms. The summed E-state index contributed by atoms with van der Waals surface area (Å²) in [7, 11) is 0. The van der Waals surface area contributed by atoms with Crippen LogP contribution in [-0.4, -0.2) is 15.5 Å². The second-order valence-corrected chi connectivity index (χ2v) is 6.15. The first kappa shape index (κ1) is 16.9. The van der Waals surface area contributed by atoms with Gasteiger partial charge in [0.05, 0.1) is 17.2 Å². The number of rotatable bonds is 5. The summed E-state index contributed by atoms with van der Waals surface area (Å²) in [5, 5.41) is 2.85. The second kappa shape index (κ2) is 7.30. The molecule has 5 heteroatoms. The lowest BCUT2D eigenvalue weighted by Gasteiger charge is -2.12. The molecule has 0 bridgehead atoms. The highest BCUT2D eigenvalue weighted by atomic mass is 16.2. The molecular weight excluding hydrogens is 314 g/mol. The largest absolute Gasteiger partial charge is 0.325 e. The smallest absolute Gasteiger partial charge is 0.269 e. The number of fused-ring (bicyclic) bond motifs is 1. The number of hydrogen-bond donors (Lipinski definition) is 1. The number of hydrogen-bond acceptors (Lipinski definition) is 3. The lowest BCUT2D eigenvalue weighted by Crippen LogP contribution is -2.27. The molecule has 0 saturated heterocycles. The minimum atomic E-state index is -0.291. The molecule has 1 heterocycles. The summed E-state index contributed by atoms with van der Waals surface area (Å²) in [6, 6.07) is 15.1. The summed E-state index contributed by atoms with van der Waals surface area (Å²) >= 11 is 0. The third kappa shape index (κ3) is 3.76. The van der Waals surface area contributed by atoms with Crippen LogP contribution >= 0.6 is 0 Å². The van der Waals surface area contributed by atoms with E-state index in [9.17, 15) is 9.59 Å². The van der Waals surface area contributed by atoms with E-state index in [0.717, 1.165) is 12.1 Å². The van der Waals surface area contributed by atoms with Gasteiger partial charge in [0.2, 0.25) is 5.91 Å². The van der Waals surface area contributed by atoms with Crippen molar-refractivity contribution < 1.29 is 4.79 Å². The molecule has 0 radical (unpaired) electrons. The van der Waals surface area contributed by atoms with Crippen molar-refractivity contribution in [3.8, 4) is 0 Å². The van der Waals surface area contributed by atoms with Crippen LogP contribution in [0.15, 0.2) is 59.5 Å². The molecule has 3 aromatic rings. The second-order valence-electron chi connectivity index (χ2n) is 6.15. The van der Waals surface area contributed by atoms with Crippen molar-refractivity contribution in [1.82, 2.24) is 9.55 Å². The monoisotopic (exact) mass is 335 g/mol. The first-order chi connectivity index (χ1) is 12.1.